The zero-order valence-corrected chi connectivity index (χ0v) is 11.2. The quantitative estimate of drug-likeness (QED) is 0.829. The van der Waals surface area contributed by atoms with Gasteiger partial charge in [-0.1, -0.05) is 23.7 Å². The molecule has 0 unspecified atom stereocenters. The average Bonchev–Trinajstić information content (AvgIpc) is 2.44. The molecule has 0 amide bonds. The first-order valence-electron chi connectivity index (χ1n) is 5.85. The second kappa shape index (κ2) is 6.77. The SMILES string of the molecule is O=C(O)c1ccccc1OCCOc1cncc(Cl)c1. The van der Waals surface area contributed by atoms with Crippen molar-refractivity contribution in [3.05, 3.63) is 53.3 Å². The van der Waals surface area contributed by atoms with Crippen LogP contribution in [0.3, 0.4) is 0 Å². The van der Waals surface area contributed by atoms with Crippen molar-refractivity contribution in [3.8, 4) is 11.5 Å². The van der Waals surface area contributed by atoms with Crippen LogP contribution in [-0.4, -0.2) is 29.3 Å². The van der Waals surface area contributed by atoms with Crippen molar-refractivity contribution in [1.29, 1.82) is 0 Å². The van der Waals surface area contributed by atoms with E-state index in [0.717, 1.165) is 0 Å². The van der Waals surface area contributed by atoms with Crippen LogP contribution in [0.4, 0.5) is 0 Å². The van der Waals surface area contributed by atoms with E-state index in [1.807, 2.05) is 0 Å². The molecule has 0 aliphatic rings. The number of carboxylic acid groups (broad SMARTS) is 1. The molecule has 1 N–H and O–H groups in total. The van der Waals surface area contributed by atoms with Gasteiger partial charge < -0.3 is 14.6 Å². The molecule has 0 radical (unpaired) electrons. The molecule has 6 heteroatoms. The Bertz CT molecular complexity index is 603. The molecule has 1 heterocycles. The first-order valence-corrected chi connectivity index (χ1v) is 6.23. The van der Waals surface area contributed by atoms with E-state index in [2.05, 4.69) is 4.98 Å². The molecule has 5 nitrogen and oxygen atoms in total. The number of hydrogen-bond acceptors (Lipinski definition) is 4. The third-order valence-electron chi connectivity index (χ3n) is 2.41. The topological polar surface area (TPSA) is 68.7 Å². The number of carbonyl (C=O) groups is 1. The molecule has 0 fully saturated rings. The lowest BCUT2D eigenvalue weighted by atomic mass is 10.2. The Morgan fingerprint density at radius 3 is 2.70 bits per heavy atom. The van der Waals surface area contributed by atoms with Gasteiger partial charge in [0, 0.05) is 12.3 Å². The highest BCUT2D eigenvalue weighted by Crippen LogP contribution is 2.18. The van der Waals surface area contributed by atoms with Gasteiger partial charge in [-0.25, -0.2) is 4.79 Å². The average molecular weight is 294 g/mol. The van der Waals surface area contributed by atoms with E-state index in [1.165, 1.54) is 18.5 Å². The van der Waals surface area contributed by atoms with Crippen molar-refractivity contribution < 1.29 is 19.4 Å². The summed E-state index contributed by atoms with van der Waals surface area (Å²) in [7, 11) is 0. The number of aromatic carboxylic acids is 1. The highest BCUT2D eigenvalue weighted by Gasteiger charge is 2.09. The van der Waals surface area contributed by atoms with Gasteiger partial charge in [0.05, 0.1) is 11.2 Å². The standard InChI is InChI=1S/C14H12ClNO4/c15-10-7-11(9-16-8-10)19-5-6-20-13-4-2-1-3-12(13)14(17)18/h1-4,7-9H,5-6H2,(H,17,18). The lowest BCUT2D eigenvalue weighted by Crippen LogP contribution is -2.11. The predicted molar refractivity (Wildman–Crippen MR) is 73.6 cm³/mol. The Morgan fingerprint density at radius 1 is 1.20 bits per heavy atom. The van der Waals surface area contributed by atoms with E-state index in [4.69, 9.17) is 26.2 Å². The maximum absolute atomic E-state index is 11.0. The molecule has 0 aliphatic carbocycles. The molecule has 0 saturated heterocycles. The van der Waals surface area contributed by atoms with Crippen LogP contribution in [0.5, 0.6) is 11.5 Å². The van der Waals surface area contributed by atoms with Crippen LogP contribution in [0.15, 0.2) is 42.7 Å². The summed E-state index contributed by atoms with van der Waals surface area (Å²) >= 11 is 5.77. The van der Waals surface area contributed by atoms with Crippen LogP contribution < -0.4 is 9.47 Å². The first-order chi connectivity index (χ1) is 9.66. The van der Waals surface area contributed by atoms with Gasteiger partial charge in [-0.2, -0.15) is 0 Å². The van der Waals surface area contributed by atoms with Crippen molar-refractivity contribution in [2.75, 3.05) is 13.2 Å². The minimum Gasteiger partial charge on any atom is -0.489 e. The molecule has 2 rings (SSSR count). The van der Waals surface area contributed by atoms with Crippen LogP contribution in [-0.2, 0) is 0 Å². The number of pyridine rings is 1. The molecule has 1 aromatic carbocycles. The third-order valence-corrected chi connectivity index (χ3v) is 2.61. The monoisotopic (exact) mass is 293 g/mol. The van der Waals surface area contributed by atoms with Crippen molar-refractivity contribution in [2.24, 2.45) is 0 Å². The summed E-state index contributed by atoms with van der Waals surface area (Å²) in [5, 5.41) is 9.48. The van der Waals surface area contributed by atoms with Crippen LogP contribution in [0.2, 0.25) is 5.02 Å². The maximum Gasteiger partial charge on any atom is 0.339 e. The number of carboxylic acids is 1. The van der Waals surface area contributed by atoms with Crippen LogP contribution in [0.25, 0.3) is 0 Å². The van der Waals surface area contributed by atoms with E-state index in [9.17, 15) is 4.79 Å². The Balaban J connectivity index is 1.86. The van der Waals surface area contributed by atoms with Crippen molar-refractivity contribution in [1.82, 2.24) is 4.98 Å². The highest BCUT2D eigenvalue weighted by atomic mass is 35.5. The summed E-state index contributed by atoms with van der Waals surface area (Å²) in [5.41, 5.74) is 0.122. The van der Waals surface area contributed by atoms with E-state index >= 15 is 0 Å². The van der Waals surface area contributed by atoms with Crippen molar-refractivity contribution in [2.45, 2.75) is 0 Å². The van der Waals surface area contributed by atoms with Gasteiger partial charge in [0.25, 0.3) is 0 Å². The molecular formula is C14H12ClNO4. The molecule has 0 aliphatic heterocycles. The first kappa shape index (κ1) is 14.1. The molecule has 2 aromatic rings. The van der Waals surface area contributed by atoms with Crippen LogP contribution in [0.1, 0.15) is 10.4 Å². The van der Waals surface area contributed by atoms with Crippen LogP contribution in [0, 0.1) is 0 Å². The number of halogens is 1. The number of para-hydroxylation sites is 1. The van der Waals surface area contributed by atoms with Gasteiger partial charge in [-0.15, -0.1) is 0 Å². The number of hydrogen-bond donors (Lipinski definition) is 1. The van der Waals surface area contributed by atoms with Crippen molar-refractivity contribution in [3.63, 3.8) is 0 Å². The summed E-state index contributed by atoms with van der Waals surface area (Å²) in [6.07, 6.45) is 3.05. The Morgan fingerprint density at radius 2 is 1.95 bits per heavy atom. The second-order valence-corrected chi connectivity index (χ2v) is 4.27. The highest BCUT2D eigenvalue weighted by molar-refractivity contribution is 6.30. The smallest absolute Gasteiger partial charge is 0.339 e. The van der Waals surface area contributed by atoms with Crippen molar-refractivity contribution >= 4 is 17.6 Å². The lowest BCUT2D eigenvalue weighted by molar-refractivity contribution is 0.0691. The maximum atomic E-state index is 11.0. The molecule has 0 bridgehead atoms. The van der Waals surface area contributed by atoms with Gasteiger partial charge >= 0.3 is 5.97 Å². The third kappa shape index (κ3) is 3.86. The largest absolute Gasteiger partial charge is 0.489 e. The number of benzene rings is 1. The van der Waals surface area contributed by atoms with Gasteiger partial charge in [0.15, 0.2) is 0 Å². The zero-order chi connectivity index (χ0) is 14.4. The normalized spacial score (nSPS) is 10.1. The minimum absolute atomic E-state index is 0.122. The summed E-state index contributed by atoms with van der Waals surface area (Å²) in [6.45, 7) is 0.479. The number of nitrogens with zero attached hydrogens (tertiary/aromatic N) is 1. The van der Waals surface area contributed by atoms with Crippen LogP contribution >= 0.6 is 11.6 Å². The van der Waals surface area contributed by atoms with E-state index in [1.54, 1.807) is 24.3 Å². The fraction of sp³-hybridized carbons (Fsp3) is 0.143. The van der Waals surface area contributed by atoms with E-state index < -0.39 is 5.97 Å². The van der Waals surface area contributed by atoms with Gasteiger partial charge in [0.1, 0.15) is 30.3 Å². The second-order valence-electron chi connectivity index (χ2n) is 3.84. The minimum atomic E-state index is -1.03. The van der Waals surface area contributed by atoms with Gasteiger partial charge in [-0.05, 0) is 12.1 Å². The predicted octanol–water partition coefficient (Wildman–Crippen LogP) is 2.89. The zero-order valence-electron chi connectivity index (χ0n) is 10.5. The molecule has 1 aromatic heterocycles. The Labute approximate surface area is 120 Å². The Kier molecular flexibility index (Phi) is 4.79. The molecule has 0 spiro atoms. The summed E-state index contributed by atoms with van der Waals surface area (Å²) in [5.74, 6) is -0.180. The molecule has 0 atom stereocenters. The fourth-order valence-electron chi connectivity index (χ4n) is 1.55. The number of rotatable bonds is 6. The molecule has 0 saturated carbocycles. The summed E-state index contributed by atoms with van der Waals surface area (Å²) < 4.78 is 10.8. The summed E-state index contributed by atoms with van der Waals surface area (Å²) in [4.78, 5) is 14.9. The Hall–Kier alpha value is -2.27. The number of aromatic nitrogens is 1. The van der Waals surface area contributed by atoms with E-state index in [-0.39, 0.29) is 18.8 Å². The molecular weight excluding hydrogens is 282 g/mol. The lowest BCUT2D eigenvalue weighted by Gasteiger charge is -2.10. The molecule has 20 heavy (non-hydrogen) atoms. The van der Waals surface area contributed by atoms with Gasteiger partial charge in [0.2, 0.25) is 0 Å². The van der Waals surface area contributed by atoms with Gasteiger partial charge in [-0.3, -0.25) is 4.98 Å². The van der Waals surface area contributed by atoms with E-state index in [0.29, 0.717) is 16.5 Å². The number of ether oxygens (including phenoxy) is 2. The molecule has 104 valence electrons. The summed E-state index contributed by atoms with van der Waals surface area (Å²) in [6, 6.07) is 8.08. The fourth-order valence-corrected chi connectivity index (χ4v) is 1.72.